The molecule has 152 valence electrons. The van der Waals surface area contributed by atoms with E-state index in [4.69, 9.17) is 9.47 Å². The molecule has 2 amide bonds. The first-order chi connectivity index (χ1) is 12.6. The second-order valence-corrected chi connectivity index (χ2v) is 7.65. The van der Waals surface area contributed by atoms with Gasteiger partial charge in [0.05, 0.1) is 26.8 Å². The van der Waals surface area contributed by atoms with E-state index in [2.05, 4.69) is 10.6 Å². The standard InChI is InChI=1S/C20H33N3O4/c1-8-23(13-19(25)22-20(3,4)5)12-18(24)21-14(2)16-11-15(26-6)9-10-17(16)27-7/h9-11,14H,8,12-13H2,1-7H3,(H,21,24)(H,22,25)/p+1/t14-/m0/s1. The van der Waals surface area contributed by atoms with Gasteiger partial charge in [0.15, 0.2) is 13.1 Å². The van der Waals surface area contributed by atoms with Gasteiger partial charge in [-0.1, -0.05) is 0 Å². The molecule has 0 radical (unpaired) electrons. The molecule has 0 aliphatic heterocycles. The molecule has 3 N–H and O–H groups in total. The molecule has 0 heterocycles. The van der Waals surface area contributed by atoms with Gasteiger partial charge in [-0.2, -0.15) is 0 Å². The predicted molar refractivity (Wildman–Crippen MR) is 105 cm³/mol. The van der Waals surface area contributed by atoms with Gasteiger partial charge in [0.2, 0.25) is 0 Å². The number of carbonyl (C=O) groups excluding carboxylic acids is 2. The number of amides is 2. The van der Waals surface area contributed by atoms with E-state index < -0.39 is 0 Å². The third-order valence-electron chi connectivity index (χ3n) is 4.12. The summed E-state index contributed by atoms with van der Waals surface area (Å²) in [5, 5.41) is 5.91. The summed E-state index contributed by atoms with van der Waals surface area (Å²) in [7, 11) is 3.19. The van der Waals surface area contributed by atoms with Crippen LogP contribution in [0, 0.1) is 0 Å². The van der Waals surface area contributed by atoms with E-state index in [9.17, 15) is 9.59 Å². The third kappa shape index (κ3) is 7.86. The highest BCUT2D eigenvalue weighted by Gasteiger charge is 2.22. The fourth-order valence-corrected chi connectivity index (χ4v) is 2.78. The van der Waals surface area contributed by atoms with Gasteiger partial charge in [-0.25, -0.2) is 0 Å². The fraction of sp³-hybridized carbons (Fsp3) is 0.600. The average Bonchev–Trinajstić information content (AvgIpc) is 2.58. The zero-order valence-electron chi connectivity index (χ0n) is 17.6. The minimum Gasteiger partial charge on any atom is -0.497 e. The molecule has 1 unspecified atom stereocenters. The topological polar surface area (TPSA) is 81.1 Å². The number of methoxy groups -OCH3 is 2. The second-order valence-electron chi connectivity index (χ2n) is 7.65. The van der Waals surface area contributed by atoms with Gasteiger partial charge >= 0.3 is 0 Å². The lowest BCUT2D eigenvalue weighted by Gasteiger charge is -2.23. The highest BCUT2D eigenvalue weighted by atomic mass is 16.5. The molecule has 0 fully saturated rings. The Labute approximate surface area is 162 Å². The Morgan fingerprint density at radius 3 is 2.26 bits per heavy atom. The van der Waals surface area contributed by atoms with Crippen molar-refractivity contribution in [2.24, 2.45) is 0 Å². The maximum absolute atomic E-state index is 12.5. The van der Waals surface area contributed by atoms with Crippen molar-refractivity contribution in [1.29, 1.82) is 0 Å². The van der Waals surface area contributed by atoms with E-state index in [-0.39, 0.29) is 36.5 Å². The number of likely N-dealkylation sites (N-methyl/N-ethyl adjacent to an activating group) is 1. The number of rotatable bonds is 9. The molecule has 0 spiro atoms. The van der Waals surface area contributed by atoms with Crippen molar-refractivity contribution in [3.05, 3.63) is 23.8 Å². The number of benzene rings is 1. The molecule has 0 aromatic heterocycles. The van der Waals surface area contributed by atoms with Crippen molar-refractivity contribution in [3.8, 4) is 11.5 Å². The maximum Gasteiger partial charge on any atom is 0.275 e. The van der Waals surface area contributed by atoms with Gasteiger partial charge in [0.1, 0.15) is 11.5 Å². The van der Waals surface area contributed by atoms with Crippen LogP contribution >= 0.6 is 0 Å². The summed E-state index contributed by atoms with van der Waals surface area (Å²) in [6, 6.07) is 5.24. The van der Waals surface area contributed by atoms with Crippen LogP contribution in [0.2, 0.25) is 0 Å². The highest BCUT2D eigenvalue weighted by Crippen LogP contribution is 2.29. The van der Waals surface area contributed by atoms with Crippen LogP contribution in [0.15, 0.2) is 18.2 Å². The summed E-state index contributed by atoms with van der Waals surface area (Å²) < 4.78 is 10.6. The molecule has 1 aromatic carbocycles. The monoisotopic (exact) mass is 380 g/mol. The molecule has 0 aliphatic rings. The minimum atomic E-state index is -0.282. The number of nitrogens with one attached hydrogen (secondary N) is 3. The quantitative estimate of drug-likeness (QED) is 0.589. The Kier molecular flexibility index (Phi) is 8.56. The van der Waals surface area contributed by atoms with Crippen molar-refractivity contribution in [2.75, 3.05) is 33.9 Å². The zero-order chi connectivity index (χ0) is 20.6. The van der Waals surface area contributed by atoms with Crippen LogP contribution in [0.1, 0.15) is 46.2 Å². The summed E-state index contributed by atoms with van der Waals surface area (Å²) >= 11 is 0. The molecule has 0 aliphatic carbocycles. The van der Waals surface area contributed by atoms with E-state index >= 15 is 0 Å². The molecule has 7 nitrogen and oxygen atoms in total. The van der Waals surface area contributed by atoms with Crippen molar-refractivity contribution in [2.45, 2.75) is 46.2 Å². The Morgan fingerprint density at radius 1 is 1.11 bits per heavy atom. The van der Waals surface area contributed by atoms with Crippen molar-refractivity contribution >= 4 is 11.8 Å². The minimum absolute atomic E-state index is 0.0605. The van der Waals surface area contributed by atoms with Crippen LogP contribution in [0.5, 0.6) is 11.5 Å². The SMILES string of the molecule is CC[NH+](CC(=O)N[C@@H](C)c1cc(OC)ccc1OC)CC(=O)NC(C)(C)C. The number of hydrogen-bond acceptors (Lipinski definition) is 4. The van der Waals surface area contributed by atoms with E-state index in [0.717, 1.165) is 10.5 Å². The average molecular weight is 381 g/mol. The molecule has 0 bridgehead atoms. The predicted octanol–water partition coefficient (Wildman–Crippen LogP) is 0.701. The van der Waals surface area contributed by atoms with Crippen LogP contribution in [0.3, 0.4) is 0 Å². The van der Waals surface area contributed by atoms with E-state index in [1.165, 1.54) is 0 Å². The smallest absolute Gasteiger partial charge is 0.275 e. The summed E-state index contributed by atoms with van der Waals surface area (Å²) in [6.45, 7) is 10.8. The van der Waals surface area contributed by atoms with Crippen molar-refractivity contribution < 1.29 is 24.0 Å². The van der Waals surface area contributed by atoms with Gasteiger partial charge in [-0.3, -0.25) is 9.59 Å². The second kappa shape index (κ2) is 10.2. The van der Waals surface area contributed by atoms with Crippen molar-refractivity contribution in [3.63, 3.8) is 0 Å². The lowest BCUT2D eigenvalue weighted by atomic mass is 10.1. The molecule has 1 rings (SSSR count). The molecular formula is C20H34N3O4+. The normalized spacial score (nSPS) is 13.4. The van der Waals surface area contributed by atoms with Crippen LogP contribution in [0.25, 0.3) is 0 Å². The van der Waals surface area contributed by atoms with Crippen molar-refractivity contribution in [1.82, 2.24) is 10.6 Å². The first-order valence-corrected chi connectivity index (χ1v) is 9.25. The zero-order valence-corrected chi connectivity index (χ0v) is 17.6. The van der Waals surface area contributed by atoms with Gasteiger partial charge in [-0.15, -0.1) is 0 Å². The molecule has 0 saturated heterocycles. The number of hydrogen-bond donors (Lipinski definition) is 3. The summed E-state index contributed by atoms with van der Waals surface area (Å²) in [4.78, 5) is 25.5. The first kappa shape index (κ1) is 22.8. The number of carbonyl (C=O) groups is 2. The lowest BCUT2D eigenvalue weighted by Crippen LogP contribution is -3.14. The van der Waals surface area contributed by atoms with Crippen LogP contribution in [0.4, 0.5) is 0 Å². The molecule has 7 heteroatoms. The van der Waals surface area contributed by atoms with E-state index in [1.54, 1.807) is 14.2 Å². The first-order valence-electron chi connectivity index (χ1n) is 9.25. The maximum atomic E-state index is 12.5. The van der Waals surface area contributed by atoms with Gasteiger partial charge in [0.25, 0.3) is 11.8 Å². The van der Waals surface area contributed by atoms with Crippen LogP contribution in [-0.2, 0) is 9.59 Å². The number of quaternary nitrogens is 1. The Morgan fingerprint density at radius 2 is 1.74 bits per heavy atom. The van der Waals surface area contributed by atoms with Gasteiger partial charge in [-0.05, 0) is 52.8 Å². The Bertz CT molecular complexity index is 641. The van der Waals surface area contributed by atoms with E-state index in [1.807, 2.05) is 52.8 Å². The lowest BCUT2D eigenvalue weighted by molar-refractivity contribution is -0.881. The van der Waals surface area contributed by atoms with Crippen LogP contribution < -0.4 is 25.0 Å². The molecular weight excluding hydrogens is 346 g/mol. The highest BCUT2D eigenvalue weighted by molar-refractivity contribution is 5.79. The molecule has 0 saturated carbocycles. The molecule has 1 aromatic rings. The number of ether oxygens (including phenoxy) is 2. The molecule has 2 atom stereocenters. The Hall–Kier alpha value is -2.28. The Balaban J connectivity index is 2.70. The molecule has 27 heavy (non-hydrogen) atoms. The van der Waals surface area contributed by atoms with E-state index in [0.29, 0.717) is 18.0 Å². The van der Waals surface area contributed by atoms with Crippen LogP contribution in [-0.4, -0.2) is 51.2 Å². The summed E-state index contributed by atoms with van der Waals surface area (Å²) in [5.74, 6) is 1.21. The van der Waals surface area contributed by atoms with Gasteiger partial charge in [0, 0.05) is 11.1 Å². The largest absolute Gasteiger partial charge is 0.497 e. The third-order valence-corrected chi connectivity index (χ3v) is 4.12. The summed E-state index contributed by atoms with van der Waals surface area (Å²) in [6.07, 6.45) is 0. The fourth-order valence-electron chi connectivity index (χ4n) is 2.78. The summed E-state index contributed by atoms with van der Waals surface area (Å²) in [5.41, 5.74) is 0.559. The van der Waals surface area contributed by atoms with Gasteiger partial charge < -0.3 is 25.0 Å².